The molecule has 4 nitrogen and oxygen atoms in total. The Morgan fingerprint density at radius 2 is 2.05 bits per heavy atom. The number of hydrogen-bond donors (Lipinski definition) is 0. The number of fused-ring (bicyclic) bond motifs is 1. The minimum Gasteiger partial charge on any atom is -0.463 e. The van der Waals surface area contributed by atoms with Gasteiger partial charge in [-0.25, -0.2) is 0 Å². The second-order valence-electron chi connectivity index (χ2n) is 6.86. The fourth-order valence-corrected chi connectivity index (χ4v) is 3.70. The lowest BCUT2D eigenvalue weighted by Crippen LogP contribution is -2.32. The van der Waals surface area contributed by atoms with E-state index in [1.807, 2.05) is 11.0 Å². The topological polar surface area (TPSA) is 42.7 Å². The Kier molecular flexibility index (Phi) is 3.05. The van der Waals surface area contributed by atoms with Crippen molar-refractivity contribution in [1.29, 1.82) is 0 Å². The van der Waals surface area contributed by atoms with Gasteiger partial charge in [0.25, 0.3) is 5.91 Å². The zero-order valence-corrected chi connectivity index (χ0v) is 13.1. The van der Waals surface area contributed by atoms with Crippen molar-refractivity contribution in [3.8, 4) is 0 Å². The van der Waals surface area contributed by atoms with E-state index in [1.165, 1.54) is 11.1 Å². The molecule has 2 saturated heterocycles. The van der Waals surface area contributed by atoms with Crippen LogP contribution in [0.5, 0.6) is 0 Å². The lowest BCUT2D eigenvalue weighted by molar-refractivity contribution is 0.0766. The van der Waals surface area contributed by atoms with Crippen LogP contribution in [0.1, 0.15) is 34.3 Å². The molecule has 1 spiro atoms. The highest BCUT2D eigenvalue weighted by Gasteiger charge is 2.43. The molecule has 1 amide bonds. The highest BCUT2D eigenvalue weighted by molar-refractivity contribution is 6.06. The summed E-state index contributed by atoms with van der Waals surface area (Å²) in [6.07, 6.45) is 3.73. The van der Waals surface area contributed by atoms with Crippen LogP contribution in [0.4, 0.5) is 0 Å². The Bertz CT molecular complexity index is 740. The maximum absolute atomic E-state index is 12.9. The summed E-state index contributed by atoms with van der Waals surface area (Å²) >= 11 is 0. The zero-order chi connectivity index (χ0) is 15.3. The van der Waals surface area contributed by atoms with Gasteiger partial charge in [0, 0.05) is 30.5 Å². The van der Waals surface area contributed by atoms with Crippen LogP contribution in [0, 0.1) is 19.3 Å². The van der Waals surface area contributed by atoms with Gasteiger partial charge in [-0.3, -0.25) is 4.79 Å². The molecule has 1 aromatic carbocycles. The van der Waals surface area contributed by atoms with E-state index in [-0.39, 0.29) is 11.3 Å². The van der Waals surface area contributed by atoms with Gasteiger partial charge in [-0.15, -0.1) is 0 Å². The average Bonchev–Trinajstić information content (AvgIpc) is 3.21. The number of aryl methyl sites for hydroxylation is 2. The molecule has 4 heteroatoms. The molecular weight excluding hydrogens is 278 g/mol. The summed E-state index contributed by atoms with van der Waals surface area (Å²) in [7, 11) is 0. The predicted molar refractivity (Wildman–Crippen MR) is 84.1 cm³/mol. The van der Waals surface area contributed by atoms with Gasteiger partial charge in [0.05, 0.1) is 12.2 Å². The van der Waals surface area contributed by atoms with Crippen molar-refractivity contribution >= 4 is 16.9 Å². The van der Waals surface area contributed by atoms with E-state index in [9.17, 15) is 4.79 Å². The van der Waals surface area contributed by atoms with Gasteiger partial charge in [0.1, 0.15) is 11.8 Å². The molecule has 0 bridgehead atoms. The SMILES string of the molecule is Cc1cc2occ(C(=O)N3CCC4(CCOC4)C3)c2cc1C. The van der Waals surface area contributed by atoms with Crippen molar-refractivity contribution in [3.63, 3.8) is 0 Å². The maximum atomic E-state index is 12.9. The molecule has 2 aliphatic rings. The molecule has 2 aliphatic heterocycles. The number of likely N-dealkylation sites (tertiary alicyclic amines) is 1. The van der Waals surface area contributed by atoms with Crippen LogP contribution in [0.25, 0.3) is 11.0 Å². The smallest absolute Gasteiger partial charge is 0.257 e. The van der Waals surface area contributed by atoms with Crippen molar-refractivity contribution in [1.82, 2.24) is 4.90 Å². The summed E-state index contributed by atoms with van der Waals surface area (Å²) in [4.78, 5) is 14.8. The maximum Gasteiger partial charge on any atom is 0.257 e. The third-order valence-corrected chi connectivity index (χ3v) is 5.33. The third-order valence-electron chi connectivity index (χ3n) is 5.33. The van der Waals surface area contributed by atoms with Crippen LogP contribution in [0.3, 0.4) is 0 Å². The van der Waals surface area contributed by atoms with E-state index in [2.05, 4.69) is 19.9 Å². The normalized spacial score (nSPS) is 24.7. The van der Waals surface area contributed by atoms with Crippen LogP contribution < -0.4 is 0 Å². The molecule has 1 aromatic heterocycles. The van der Waals surface area contributed by atoms with Crippen LogP contribution >= 0.6 is 0 Å². The highest BCUT2D eigenvalue weighted by Crippen LogP contribution is 2.39. The molecule has 0 radical (unpaired) electrons. The van der Waals surface area contributed by atoms with Gasteiger partial charge in [0.15, 0.2) is 0 Å². The molecule has 4 rings (SSSR count). The van der Waals surface area contributed by atoms with Crippen molar-refractivity contribution in [2.75, 3.05) is 26.3 Å². The average molecular weight is 299 g/mol. The first-order valence-corrected chi connectivity index (χ1v) is 7.93. The van der Waals surface area contributed by atoms with Gasteiger partial charge in [0.2, 0.25) is 0 Å². The molecule has 0 N–H and O–H groups in total. The Labute approximate surface area is 130 Å². The fourth-order valence-electron chi connectivity index (χ4n) is 3.70. The summed E-state index contributed by atoms with van der Waals surface area (Å²) < 4.78 is 11.2. The molecule has 2 aromatic rings. The number of benzene rings is 1. The third kappa shape index (κ3) is 2.05. The van der Waals surface area contributed by atoms with E-state index in [0.29, 0.717) is 5.56 Å². The number of hydrogen-bond acceptors (Lipinski definition) is 3. The first kappa shape index (κ1) is 13.8. The highest BCUT2D eigenvalue weighted by atomic mass is 16.5. The van der Waals surface area contributed by atoms with Crippen molar-refractivity contribution in [3.05, 3.63) is 35.1 Å². The minimum atomic E-state index is 0.0887. The van der Waals surface area contributed by atoms with Crippen molar-refractivity contribution in [2.24, 2.45) is 5.41 Å². The first-order chi connectivity index (χ1) is 10.6. The largest absolute Gasteiger partial charge is 0.463 e. The zero-order valence-electron chi connectivity index (χ0n) is 13.1. The molecule has 116 valence electrons. The van der Waals surface area contributed by atoms with Crippen molar-refractivity contribution in [2.45, 2.75) is 26.7 Å². The summed E-state index contributed by atoms with van der Waals surface area (Å²) in [6, 6.07) is 4.07. The first-order valence-electron chi connectivity index (χ1n) is 7.93. The summed E-state index contributed by atoms with van der Waals surface area (Å²) in [6.45, 7) is 7.37. The van der Waals surface area contributed by atoms with Gasteiger partial charge >= 0.3 is 0 Å². The summed E-state index contributed by atoms with van der Waals surface area (Å²) in [5, 5.41) is 0.928. The number of ether oxygens (including phenoxy) is 1. The Hall–Kier alpha value is -1.81. The number of amides is 1. The Balaban J connectivity index is 1.65. The van der Waals surface area contributed by atoms with Crippen molar-refractivity contribution < 1.29 is 13.9 Å². The van der Waals surface area contributed by atoms with E-state index in [0.717, 1.165) is 50.1 Å². The van der Waals surface area contributed by atoms with Crippen LogP contribution in [-0.4, -0.2) is 37.1 Å². The number of carbonyl (C=O) groups is 1. The number of furan rings is 1. The van der Waals surface area contributed by atoms with Crippen LogP contribution in [0.2, 0.25) is 0 Å². The molecule has 1 unspecified atom stereocenters. The molecule has 2 fully saturated rings. The lowest BCUT2D eigenvalue weighted by atomic mass is 9.87. The van der Waals surface area contributed by atoms with Gasteiger partial charge < -0.3 is 14.1 Å². The molecule has 22 heavy (non-hydrogen) atoms. The van der Waals surface area contributed by atoms with Crippen LogP contribution in [-0.2, 0) is 4.74 Å². The number of rotatable bonds is 1. The molecule has 1 atom stereocenters. The van der Waals surface area contributed by atoms with Gasteiger partial charge in [-0.05, 0) is 49.9 Å². The second kappa shape index (κ2) is 4.85. The summed E-state index contributed by atoms with van der Waals surface area (Å²) in [5.41, 5.74) is 4.05. The van der Waals surface area contributed by atoms with E-state index >= 15 is 0 Å². The second-order valence-corrected chi connectivity index (χ2v) is 6.86. The predicted octanol–water partition coefficient (Wildman–Crippen LogP) is 3.30. The number of carbonyl (C=O) groups excluding carboxylic acids is 1. The Morgan fingerprint density at radius 1 is 1.23 bits per heavy atom. The fraction of sp³-hybridized carbons (Fsp3) is 0.500. The molecule has 0 aliphatic carbocycles. The minimum absolute atomic E-state index is 0.0887. The molecule has 0 saturated carbocycles. The van der Waals surface area contributed by atoms with E-state index < -0.39 is 0 Å². The Morgan fingerprint density at radius 3 is 2.82 bits per heavy atom. The monoisotopic (exact) mass is 299 g/mol. The van der Waals surface area contributed by atoms with E-state index in [4.69, 9.17) is 9.15 Å². The quantitative estimate of drug-likeness (QED) is 0.811. The standard InChI is InChI=1S/C18H21NO3/c1-12-7-14-15(9-22-16(14)8-13(12)2)17(20)19-5-3-18(10-19)4-6-21-11-18/h7-9H,3-6,10-11H2,1-2H3. The van der Waals surface area contributed by atoms with E-state index in [1.54, 1.807) is 6.26 Å². The van der Waals surface area contributed by atoms with Gasteiger partial charge in [-0.2, -0.15) is 0 Å². The van der Waals surface area contributed by atoms with Crippen LogP contribution in [0.15, 0.2) is 22.8 Å². The molecule has 3 heterocycles. The summed E-state index contributed by atoms with van der Waals surface area (Å²) in [5.74, 6) is 0.0887. The van der Waals surface area contributed by atoms with Gasteiger partial charge in [-0.1, -0.05) is 0 Å². The number of nitrogens with zero attached hydrogens (tertiary/aromatic N) is 1. The molecular formula is C18H21NO3. The lowest BCUT2D eigenvalue weighted by Gasteiger charge is -2.21.